The molecule has 2 rings (SSSR count). The van der Waals surface area contributed by atoms with E-state index < -0.39 is 0 Å². The van der Waals surface area contributed by atoms with Crippen LogP contribution in [0.25, 0.3) is 0 Å². The van der Waals surface area contributed by atoms with E-state index in [0.29, 0.717) is 6.54 Å². The summed E-state index contributed by atoms with van der Waals surface area (Å²) in [4.78, 5) is 0. The van der Waals surface area contributed by atoms with Crippen LogP contribution in [0, 0.1) is 6.92 Å². The Labute approximate surface area is 107 Å². The molecule has 4 heteroatoms. The van der Waals surface area contributed by atoms with E-state index in [-0.39, 0.29) is 0 Å². The fourth-order valence-electron chi connectivity index (χ4n) is 1.87. The number of nitrogens with zero attached hydrogens (tertiary/aromatic N) is 1. The van der Waals surface area contributed by atoms with Crippen molar-refractivity contribution in [2.75, 3.05) is 18.4 Å². The zero-order chi connectivity index (χ0) is 12.8. The van der Waals surface area contributed by atoms with Gasteiger partial charge in [-0.1, -0.05) is 35.0 Å². The number of benzene rings is 1. The Bertz CT molecular complexity index is 493. The number of anilines is 1. The number of aromatic nitrogens is 1. The van der Waals surface area contributed by atoms with Gasteiger partial charge in [0, 0.05) is 13.0 Å². The average molecular weight is 245 g/mol. The van der Waals surface area contributed by atoms with Gasteiger partial charge in [0.2, 0.25) is 0 Å². The van der Waals surface area contributed by atoms with E-state index in [1.54, 1.807) is 6.20 Å². The summed E-state index contributed by atoms with van der Waals surface area (Å²) in [6.07, 6.45) is 3.42. The zero-order valence-corrected chi connectivity index (χ0v) is 10.6. The molecule has 0 amide bonds. The van der Waals surface area contributed by atoms with Gasteiger partial charge in [-0.3, -0.25) is 0 Å². The van der Waals surface area contributed by atoms with Crippen molar-refractivity contribution in [1.29, 1.82) is 0 Å². The molecule has 0 aliphatic carbocycles. The molecule has 18 heavy (non-hydrogen) atoms. The predicted molar refractivity (Wildman–Crippen MR) is 72.6 cm³/mol. The Hall–Kier alpha value is -1.81. The van der Waals surface area contributed by atoms with E-state index in [1.165, 1.54) is 11.1 Å². The maximum absolute atomic E-state index is 5.47. The van der Waals surface area contributed by atoms with Crippen LogP contribution >= 0.6 is 0 Å². The van der Waals surface area contributed by atoms with Crippen LogP contribution in [-0.4, -0.2) is 18.2 Å². The fourth-order valence-corrected chi connectivity index (χ4v) is 1.87. The number of rotatable bonds is 6. The lowest BCUT2D eigenvalue weighted by Crippen LogP contribution is -2.08. The number of hydrogen-bond donors (Lipinski definition) is 2. The highest BCUT2D eigenvalue weighted by Gasteiger charge is 2.08. The first kappa shape index (κ1) is 12.6. The first-order valence-corrected chi connectivity index (χ1v) is 6.22. The molecule has 0 spiro atoms. The molecule has 0 fully saturated rings. The van der Waals surface area contributed by atoms with Crippen molar-refractivity contribution in [3.05, 3.63) is 47.3 Å². The molecule has 0 aliphatic rings. The molecule has 1 heterocycles. The molecular weight excluding hydrogens is 226 g/mol. The van der Waals surface area contributed by atoms with E-state index in [1.807, 2.05) is 0 Å². The minimum atomic E-state index is 0.686. The minimum Gasteiger partial charge on any atom is -0.381 e. The second-order valence-corrected chi connectivity index (χ2v) is 4.40. The van der Waals surface area contributed by atoms with E-state index in [4.69, 9.17) is 10.3 Å². The molecular formula is C14H19N3O. The highest BCUT2D eigenvalue weighted by atomic mass is 16.5. The SMILES string of the molecule is Cc1cccc(Cc2oncc2NCCCN)c1. The first-order chi connectivity index (χ1) is 8.79. The maximum atomic E-state index is 5.47. The molecule has 0 aliphatic heterocycles. The van der Waals surface area contributed by atoms with Gasteiger partial charge in [0.05, 0.1) is 11.9 Å². The lowest BCUT2D eigenvalue weighted by atomic mass is 10.1. The Morgan fingerprint density at radius 1 is 1.39 bits per heavy atom. The van der Waals surface area contributed by atoms with E-state index in [9.17, 15) is 0 Å². The first-order valence-electron chi connectivity index (χ1n) is 6.22. The third-order valence-electron chi connectivity index (χ3n) is 2.79. The van der Waals surface area contributed by atoms with Crippen molar-refractivity contribution in [1.82, 2.24) is 5.16 Å². The Balaban J connectivity index is 2.03. The van der Waals surface area contributed by atoms with Crippen molar-refractivity contribution in [3.8, 4) is 0 Å². The fraction of sp³-hybridized carbons (Fsp3) is 0.357. The number of hydrogen-bond acceptors (Lipinski definition) is 4. The summed E-state index contributed by atoms with van der Waals surface area (Å²) in [5.41, 5.74) is 8.91. The van der Waals surface area contributed by atoms with Crippen LogP contribution in [0.15, 0.2) is 35.0 Å². The third kappa shape index (κ3) is 3.34. The summed E-state index contributed by atoms with van der Waals surface area (Å²) in [5, 5.41) is 7.14. The summed E-state index contributed by atoms with van der Waals surface area (Å²) in [6, 6.07) is 8.40. The van der Waals surface area contributed by atoms with Gasteiger partial charge >= 0.3 is 0 Å². The Morgan fingerprint density at radius 2 is 2.28 bits per heavy atom. The van der Waals surface area contributed by atoms with Crippen molar-refractivity contribution in [3.63, 3.8) is 0 Å². The number of aryl methyl sites for hydroxylation is 1. The van der Waals surface area contributed by atoms with Gasteiger partial charge < -0.3 is 15.6 Å². The lowest BCUT2D eigenvalue weighted by Gasteiger charge is -2.05. The van der Waals surface area contributed by atoms with Gasteiger partial charge in [0.15, 0.2) is 5.76 Å². The minimum absolute atomic E-state index is 0.686. The van der Waals surface area contributed by atoms with Crippen LogP contribution < -0.4 is 11.1 Å². The summed E-state index contributed by atoms with van der Waals surface area (Å²) >= 11 is 0. The Morgan fingerprint density at radius 3 is 3.06 bits per heavy atom. The standard InChI is InChI=1S/C14H19N3O/c1-11-4-2-5-12(8-11)9-14-13(10-17-18-14)16-7-3-6-15/h2,4-5,8,10,16H,3,6-7,9,15H2,1H3. The van der Waals surface area contributed by atoms with Gasteiger partial charge in [0.25, 0.3) is 0 Å². The molecule has 4 nitrogen and oxygen atoms in total. The Kier molecular flexibility index (Phi) is 4.36. The monoisotopic (exact) mass is 245 g/mol. The largest absolute Gasteiger partial charge is 0.381 e. The van der Waals surface area contributed by atoms with Crippen LogP contribution in [0.1, 0.15) is 23.3 Å². The molecule has 96 valence electrons. The van der Waals surface area contributed by atoms with Crippen LogP contribution in [0.5, 0.6) is 0 Å². The lowest BCUT2D eigenvalue weighted by molar-refractivity contribution is 0.390. The molecule has 3 N–H and O–H groups in total. The summed E-state index contributed by atoms with van der Waals surface area (Å²) in [6.45, 7) is 3.62. The molecule has 1 aromatic carbocycles. The topological polar surface area (TPSA) is 64.1 Å². The third-order valence-corrected chi connectivity index (χ3v) is 2.79. The molecule has 0 saturated carbocycles. The maximum Gasteiger partial charge on any atom is 0.164 e. The van der Waals surface area contributed by atoms with Crippen LogP contribution in [0.4, 0.5) is 5.69 Å². The quantitative estimate of drug-likeness (QED) is 0.767. The van der Waals surface area contributed by atoms with Crippen molar-refractivity contribution >= 4 is 5.69 Å². The van der Waals surface area contributed by atoms with Gasteiger partial charge in [0.1, 0.15) is 0 Å². The molecule has 0 saturated heterocycles. The second kappa shape index (κ2) is 6.21. The zero-order valence-electron chi connectivity index (χ0n) is 10.6. The van der Waals surface area contributed by atoms with Gasteiger partial charge in [-0.25, -0.2) is 0 Å². The van der Waals surface area contributed by atoms with E-state index in [2.05, 4.69) is 41.7 Å². The molecule has 0 atom stereocenters. The van der Waals surface area contributed by atoms with Gasteiger partial charge in [-0.05, 0) is 25.5 Å². The van der Waals surface area contributed by atoms with Crippen molar-refractivity contribution in [2.45, 2.75) is 19.8 Å². The van der Waals surface area contributed by atoms with Crippen molar-refractivity contribution in [2.24, 2.45) is 5.73 Å². The number of nitrogens with one attached hydrogen (secondary N) is 1. The van der Waals surface area contributed by atoms with Crippen molar-refractivity contribution < 1.29 is 4.52 Å². The second-order valence-electron chi connectivity index (χ2n) is 4.40. The highest BCUT2D eigenvalue weighted by Crippen LogP contribution is 2.19. The summed E-state index contributed by atoms with van der Waals surface area (Å²) in [5.74, 6) is 0.873. The normalized spacial score (nSPS) is 10.6. The van der Waals surface area contributed by atoms with E-state index in [0.717, 1.165) is 30.8 Å². The average Bonchev–Trinajstić information content (AvgIpc) is 2.77. The molecule has 0 radical (unpaired) electrons. The summed E-state index contributed by atoms with van der Waals surface area (Å²) < 4.78 is 5.30. The number of nitrogens with two attached hydrogens (primary N) is 1. The van der Waals surface area contributed by atoms with Gasteiger partial charge in [-0.2, -0.15) is 0 Å². The van der Waals surface area contributed by atoms with Crippen LogP contribution in [0.2, 0.25) is 0 Å². The van der Waals surface area contributed by atoms with Crippen LogP contribution in [-0.2, 0) is 6.42 Å². The predicted octanol–water partition coefficient (Wildman–Crippen LogP) is 2.33. The summed E-state index contributed by atoms with van der Waals surface area (Å²) in [7, 11) is 0. The van der Waals surface area contributed by atoms with Crippen LogP contribution in [0.3, 0.4) is 0 Å². The molecule has 0 unspecified atom stereocenters. The van der Waals surface area contributed by atoms with Gasteiger partial charge in [-0.15, -0.1) is 0 Å². The molecule has 0 bridgehead atoms. The van der Waals surface area contributed by atoms with E-state index >= 15 is 0 Å². The molecule has 1 aromatic heterocycles. The highest BCUT2D eigenvalue weighted by molar-refractivity contribution is 5.46. The molecule has 2 aromatic rings. The smallest absolute Gasteiger partial charge is 0.164 e.